The van der Waals surface area contributed by atoms with Gasteiger partial charge in [-0.15, -0.1) is 0 Å². The summed E-state index contributed by atoms with van der Waals surface area (Å²) >= 11 is 0. The van der Waals surface area contributed by atoms with E-state index in [0.717, 1.165) is 6.26 Å². The Morgan fingerprint density at radius 1 is 1.09 bits per heavy atom. The molecule has 2 heterocycles. The number of aromatic nitrogens is 2. The maximum absolute atomic E-state index is 12.6. The third-order valence-corrected chi connectivity index (χ3v) is 3.96. The predicted octanol–water partition coefficient (Wildman–Crippen LogP) is 3.75. The number of oxazole rings is 1. The van der Waals surface area contributed by atoms with Crippen LogP contribution in [0, 0.1) is 0 Å². The van der Waals surface area contributed by atoms with E-state index in [1.807, 2.05) is 0 Å². The van der Waals surface area contributed by atoms with Gasteiger partial charge in [-0.25, -0.2) is 14.8 Å². The zero-order chi connectivity index (χ0) is 23.3. The van der Waals surface area contributed by atoms with Gasteiger partial charge in [0, 0.05) is 5.56 Å². The van der Waals surface area contributed by atoms with Crippen molar-refractivity contribution in [3.05, 3.63) is 59.7 Å². The first-order valence-corrected chi connectivity index (χ1v) is 9.41. The van der Waals surface area contributed by atoms with Gasteiger partial charge in [0.15, 0.2) is 17.2 Å². The number of amides is 1. The lowest BCUT2D eigenvalue weighted by Crippen LogP contribution is -2.24. The topological polar surface area (TPSA) is 124 Å². The molecule has 0 bridgehead atoms. The fourth-order valence-electron chi connectivity index (χ4n) is 2.65. The fourth-order valence-corrected chi connectivity index (χ4v) is 2.65. The largest absolute Gasteiger partial charge is 0.487 e. The Hall–Kier alpha value is -4.02. The Labute approximate surface area is 181 Å². The van der Waals surface area contributed by atoms with E-state index in [-0.39, 0.29) is 41.4 Å². The molecule has 1 amide bonds. The molecule has 3 rings (SSSR count). The summed E-state index contributed by atoms with van der Waals surface area (Å²) in [6.07, 6.45) is 0.836. The molecular weight excluding hydrogens is 428 g/mol. The van der Waals surface area contributed by atoms with Crippen LogP contribution in [-0.4, -0.2) is 39.7 Å². The van der Waals surface area contributed by atoms with E-state index in [1.165, 1.54) is 30.3 Å². The highest BCUT2D eigenvalue weighted by atomic mass is 19.3. The SMILES string of the molecule is CC(C)Oc1cc(-c2nc(C(=O)NCc3cccc(C(=O)O)n3)co2)ccc1OC(F)F. The second kappa shape index (κ2) is 9.86. The summed E-state index contributed by atoms with van der Waals surface area (Å²) in [5.41, 5.74) is 0.567. The van der Waals surface area contributed by atoms with E-state index in [9.17, 15) is 18.4 Å². The fraction of sp³-hybridized carbons (Fsp3) is 0.238. The number of halogens is 2. The van der Waals surface area contributed by atoms with Crippen LogP contribution in [-0.2, 0) is 6.54 Å². The second-order valence-electron chi connectivity index (χ2n) is 6.75. The van der Waals surface area contributed by atoms with Gasteiger partial charge in [0.05, 0.1) is 18.3 Å². The Bertz CT molecular complexity index is 1120. The Balaban J connectivity index is 1.73. The first kappa shape index (κ1) is 22.7. The highest BCUT2D eigenvalue weighted by Gasteiger charge is 2.18. The highest BCUT2D eigenvalue weighted by Crippen LogP contribution is 2.34. The second-order valence-corrected chi connectivity index (χ2v) is 6.75. The number of carboxylic acid groups (broad SMARTS) is 1. The van der Waals surface area contributed by atoms with Gasteiger partial charge < -0.3 is 24.3 Å². The number of carbonyl (C=O) groups excluding carboxylic acids is 1. The Morgan fingerprint density at radius 2 is 1.88 bits per heavy atom. The average Bonchev–Trinajstić information content (AvgIpc) is 3.23. The maximum atomic E-state index is 12.6. The summed E-state index contributed by atoms with van der Waals surface area (Å²) in [7, 11) is 0. The van der Waals surface area contributed by atoms with Crippen molar-refractivity contribution in [1.29, 1.82) is 0 Å². The van der Waals surface area contributed by atoms with Crippen molar-refractivity contribution in [3.8, 4) is 23.0 Å². The number of pyridine rings is 1. The summed E-state index contributed by atoms with van der Waals surface area (Å²) in [5.74, 6) is -1.74. The number of carbonyl (C=O) groups is 2. The van der Waals surface area contributed by atoms with E-state index in [1.54, 1.807) is 19.9 Å². The third kappa shape index (κ3) is 5.78. The van der Waals surface area contributed by atoms with Crippen molar-refractivity contribution >= 4 is 11.9 Å². The van der Waals surface area contributed by atoms with Crippen LogP contribution in [0.3, 0.4) is 0 Å². The molecule has 0 unspecified atom stereocenters. The lowest BCUT2D eigenvalue weighted by molar-refractivity contribution is -0.0518. The molecule has 9 nitrogen and oxygen atoms in total. The van der Waals surface area contributed by atoms with Crippen LogP contribution in [0.4, 0.5) is 8.78 Å². The van der Waals surface area contributed by atoms with Crippen molar-refractivity contribution in [2.24, 2.45) is 0 Å². The van der Waals surface area contributed by atoms with E-state index in [0.29, 0.717) is 11.3 Å². The van der Waals surface area contributed by atoms with E-state index in [2.05, 4.69) is 20.0 Å². The number of rotatable bonds is 9. The monoisotopic (exact) mass is 447 g/mol. The summed E-state index contributed by atoms with van der Waals surface area (Å²) in [5, 5.41) is 11.5. The number of hydrogen-bond donors (Lipinski definition) is 2. The molecule has 0 saturated carbocycles. The molecule has 0 aliphatic heterocycles. The number of nitrogens with one attached hydrogen (secondary N) is 1. The quantitative estimate of drug-likeness (QED) is 0.508. The minimum Gasteiger partial charge on any atom is -0.487 e. The van der Waals surface area contributed by atoms with Crippen molar-refractivity contribution in [2.45, 2.75) is 33.1 Å². The maximum Gasteiger partial charge on any atom is 0.387 e. The van der Waals surface area contributed by atoms with Crippen molar-refractivity contribution in [3.63, 3.8) is 0 Å². The molecule has 32 heavy (non-hydrogen) atoms. The van der Waals surface area contributed by atoms with Crippen LogP contribution in [0.1, 0.15) is 40.5 Å². The Morgan fingerprint density at radius 3 is 2.56 bits per heavy atom. The molecule has 168 valence electrons. The van der Waals surface area contributed by atoms with Gasteiger partial charge in [-0.1, -0.05) is 6.07 Å². The number of hydrogen-bond acceptors (Lipinski definition) is 7. The number of ether oxygens (including phenoxy) is 2. The molecular formula is C21H19F2N3O6. The molecule has 2 aromatic heterocycles. The first-order valence-electron chi connectivity index (χ1n) is 9.41. The normalized spacial score (nSPS) is 10.9. The number of benzene rings is 1. The summed E-state index contributed by atoms with van der Waals surface area (Å²) < 4.78 is 40.6. The van der Waals surface area contributed by atoms with Crippen LogP contribution < -0.4 is 14.8 Å². The molecule has 0 aliphatic rings. The van der Waals surface area contributed by atoms with Crippen molar-refractivity contribution < 1.29 is 37.4 Å². The molecule has 0 fully saturated rings. The molecule has 3 aromatic rings. The van der Waals surface area contributed by atoms with Crippen LogP contribution in [0.25, 0.3) is 11.5 Å². The molecule has 0 spiro atoms. The average molecular weight is 447 g/mol. The minimum atomic E-state index is -3.02. The van der Waals surface area contributed by atoms with E-state index >= 15 is 0 Å². The van der Waals surface area contributed by atoms with Gasteiger partial charge in [-0.05, 0) is 44.2 Å². The summed E-state index contributed by atoms with van der Waals surface area (Å²) in [4.78, 5) is 31.4. The molecule has 11 heteroatoms. The van der Waals surface area contributed by atoms with Gasteiger partial charge in [-0.3, -0.25) is 4.79 Å². The molecule has 0 aliphatic carbocycles. The van der Waals surface area contributed by atoms with Gasteiger partial charge in [-0.2, -0.15) is 8.78 Å². The number of nitrogens with zero attached hydrogens (tertiary/aromatic N) is 2. The van der Waals surface area contributed by atoms with Crippen molar-refractivity contribution in [1.82, 2.24) is 15.3 Å². The van der Waals surface area contributed by atoms with E-state index in [4.69, 9.17) is 14.3 Å². The molecule has 0 radical (unpaired) electrons. The number of aromatic carboxylic acids is 1. The molecule has 0 atom stereocenters. The lowest BCUT2D eigenvalue weighted by atomic mass is 10.2. The lowest BCUT2D eigenvalue weighted by Gasteiger charge is -2.15. The Kier molecular flexibility index (Phi) is 6.98. The minimum absolute atomic E-state index is 0.0197. The van der Waals surface area contributed by atoms with Crippen LogP contribution in [0.2, 0.25) is 0 Å². The number of alkyl halides is 2. The van der Waals surface area contributed by atoms with E-state index < -0.39 is 18.5 Å². The van der Waals surface area contributed by atoms with Gasteiger partial charge in [0.25, 0.3) is 5.91 Å². The predicted molar refractivity (Wildman–Crippen MR) is 107 cm³/mol. The third-order valence-electron chi connectivity index (χ3n) is 3.96. The van der Waals surface area contributed by atoms with Crippen LogP contribution >= 0.6 is 0 Å². The standard InChI is InChI=1S/C21H19F2N3O6/c1-11(2)31-17-8-12(6-7-16(17)32-21(22)23)19-26-15(10-30-19)18(27)24-9-13-4-3-5-14(25-13)20(28)29/h3-8,10-11,21H,9H2,1-2H3,(H,24,27)(H,28,29). The zero-order valence-electron chi connectivity index (χ0n) is 17.0. The van der Waals surface area contributed by atoms with Crippen LogP contribution in [0.15, 0.2) is 47.1 Å². The highest BCUT2D eigenvalue weighted by molar-refractivity contribution is 5.92. The zero-order valence-corrected chi connectivity index (χ0v) is 17.0. The van der Waals surface area contributed by atoms with Gasteiger partial charge in [0.1, 0.15) is 12.0 Å². The van der Waals surface area contributed by atoms with Crippen LogP contribution in [0.5, 0.6) is 11.5 Å². The molecule has 0 saturated heterocycles. The molecule has 1 aromatic carbocycles. The summed E-state index contributed by atoms with van der Waals surface area (Å²) in [6, 6.07) is 8.59. The smallest absolute Gasteiger partial charge is 0.387 e. The number of carboxylic acids is 1. The van der Waals surface area contributed by atoms with Gasteiger partial charge in [0.2, 0.25) is 5.89 Å². The molecule has 2 N–H and O–H groups in total. The first-order chi connectivity index (χ1) is 15.2. The summed E-state index contributed by atoms with van der Waals surface area (Å²) in [6.45, 7) is 0.424. The van der Waals surface area contributed by atoms with Gasteiger partial charge >= 0.3 is 12.6 Å². The van der Waals surface area contributed by atoms with Crippen molar-refractivity contribution in [2.75, 3.05) is 0 Å².